The highest BCUT2D eigenvalue weighted by molar-refractivity contribution is 7.89. The summed E-state index contributed by atoms with van der Waals surface area (Å²) in [6, 6.07) is 8.52. The lowest BCUT2D eigenvalue weighted by Gasteiger charge is -2.32. The summed E-state index contributed by atoms with van der Waals surface area (Å²) in [5, 5.41) is 2.83. The molecule has 1 aromatic heterocycles. The molecule has 0 radical (unpaired) electrons. The Morgan fingerprint density at radius 2 is 1.71 bits per heavy atom. The zero-order chi connectivity index (χ0) is 21.7. The van der Waals surface area contributed by atoms with Crippen LogP contribution < -0.4 is 10.2 Å². The van der Waals surface area contributed by atoms with Crippen LogP contribution in [-0.2, 0) is 25.9 Å². The Bertz CT molecular complexity index is 981. The van der Waals surface area contributed by atoms with E-state index < -0.39 is 10.0 Å². The van der Waals surface area contributed by atoms with Gasteiger partial charge in [0.1, 0.15) is 10.7 Å². The van der Waals surface area contributed by atoms with Crippen LogP contribution in [0.2, 0.25) is 0 Å². The number of nitrogens with one attached hydrogen (secondary N) is 1. The third-order valence-electron chi connectivity index (χ3n) is 5.40. The third kappa shape index (κ3) is 5.09. The molecule has 2 aliphatic rings. The van der Waals surface area contributed by atoms with Crippen LogP contribution in [0.1, 0.15) is 16.1 Å². The Kier molecular flexibility index (Phi) is 6.91. The van der Waals surface area contributed by atoms with Crippen LogP contribution >= 0.6 is 0 Å². The highest BCUT2D eigenvalue weighted by Crippen LogP contribution is 2.30. The highest BCUT2D eigenvalue weighted by Gasteiger charge is 2.31. The summed E-state index contributed by atoms with van der Waals surface area (Å²) in [7, 11) is -3.78. The molecule has 1 aromatic carbocycles. The number of hydrogen-bond acceptors (Lipinski definition) is 7. The standard InChI is InChI=1S/C21H27N3O6S/c25-21(22-6-5-18-2-1-11-30-18)17-3-4-19(23-7-12-28-13-8-23)20(16-17)31(26,27)24-9-14-29-15-10-24/h1-4,11,16H,5-10,12-15H2,(H,22,25). The Balaban J connectivity index is 1.58. The molecule has 10 heteroatoms. The number of ether oxygens (including phenoxy) is 2. The van der Waals surface area contributed by atoms with Crippen LogP contribution in [0.5, 0.6) is 0 Å². The average Bonchev–Trinajstić information content (AvgIpc) is 3.33. The number of benzene rings is 1. The first kappa shape index (κ1) is 21.8. The molecule has 0 spiro atoms. The highest BCUT2D eigenvalue weighted by atomic mass is 32.2. The molecule has 1 N–H and O–H groups in total. The summed E-state index contributed by atoms with van der Waals surface area (Å²) in [5.74, 6) is 0.456. The van der Waals surface area contributed by atoms with Crippen molar-refractivity contribution in [1.82, 2.24) is 9.62 Å². The number of nitrogens with zero attached hydrogens (tertiary/aromatic N) is 2. The quantitative estimate of drug-likeness (QED) is 0.676. The van der Waals surface area contributed by atoms with Crippen LogP contribution in [0.25, 0.3) is 0 Å². The molecule has 9 nitrogen and oxygen atoms in total. The van der Waals surface area contributed by atoms with E-state index in [4.69, 9.17) is 13.9 Å². The zero-order valence-electron chi connectivity index (χ0n) is 17.3. The summed E-state index contributed by atoms with van der Waals surface area (Å²) >= 11 is 0. The van der Waals surface area contributed by atoms with Gasteiger partial charge in [-0.1, -0.05) is 0 Å². The van der Waals surface area contributed by atoms with E-state index in [1.807, 2.05) is 11.0 Å². The Labute approximate surface area is 182 Å². The van der Waals surface area contributed by atoms with E-state index in [9.17, 15) is 13.2 Å². The fourth-order valence-corrected chi connectivity index (χ4v) is 5.35. The number of amides is 1. The minimum Gasteiger partial charge on any atom is -0.469 e. The molecule has 4 rings (SSSR count). The first-order valence-electron chi connectivity index (χ1n) is 10.4. The summed E-state index contributed by atoms with van der Waals surface area (Å²) in [6.45, 7) is 3.97. The number of hydrogen-bond donors (Lipinski definition) is 1. The molecule has 0 aliphatic carbocycles. The predicted molar refractivity (Wildman–Crippen MR) is 114 cm³/mol. The van der Waals surface area contributed by atoms with Gasteiger partial charge in [-0.2, -0.15) is 4.31 Å². The number of furan rings is 1. The van der Waals surface area contributed by atoms with Gasteiger partial charge in [-0.15, -0.1) is 0 Å². The van der Waals surface area contributed by atoms with E-state index in [0.717, 1.165) is 5.76 Å². The van der Waals surface area contributed by atoms with E-state index in [-0.39, 0.29) is 10.8 Å². The van der Waals surface area contributed by atoms with Crippen LogP contribution in [0.15, 0.2) is 45.9 Å². The molecule has 31 heavy (non-hydrogen) atoms. The van der Waals surface area contributed by atoms with Gasteiger partial charge in [-0.3, -0.25) is 4.79 Å². The topological polar surface area (TPSA) is 101 Å². The second kappa shape index (κ2) is 9.82. The number of carbonyl (C=O) groups is 1. The number of morpholine rings is 2. The van der Waals surface area contributed by atoms with Crippen LogP contribution in [0.3, 0.4) is 0 Å². The number of rotatable bonds is 7. The van der Waals surface area contributed by atoms with Gasteiger partial charge in [-0.05, 0) is 30.3 Å². The molecule has 0 bridgehead atoms. The summed E-state index contributed by atoms with van der Waals surface area (Å²) in [5.41, 5.74) is 0.908. The molecule has 2 aliphatic heterocycles. The third-order valence-corrected chi connectivity index (χ3v) is 7.33. The van der Waals surface area contributed by atoms with Gasteiger partial charge in [-0.25, -0.2) is 8.42 Å². The number of sulfonamides is 1. The smallest absolute Gasteiger partial charge is 0.251 e. The lowest BCUT2D eigenvalue weighted by atomic mass is 10.1. The van der Waals surface area contributed by atoms with Gasteiger partial charge in [0, 0.05) is 44.7 Å². The lowest BCUT2D eigenvalue weighted by Crippen LogP contribution is -2.42. The van der Waals surface area contributed by atoms with Crippen LogP contribution in [-0.4, -0.2) is 77.8 Å². The summed E-state index contributed by atoms with van der Waals surface area (Å²) in [4.78, 5) is 14.9. The average molecular weight is 450 g/mol. The summed E-state index contributed by atoms with van der Waals surface area (Å²) < 4.78 is 44.3. The molecule has 1 amide bonds. The SMILES string of the molecule is O=C(NCCc1ccco1)c1ccc(N2CCOCC2)c(S(=O)(=O)N2CCOCC2)c1. The normalized spacial score (nSPS) is 18.1. The van der Waals surface area contributed by atoms with Gasteiger partial charge < -0.3 is 24.1 Å². The zero-order valence-corrected chi connectivity index (χ0v) is 18.1. The van der Waals surface area contributed by atoms with Crippen molar-refractivity contribution < 1.29 is 27.1 Å². The first-order valence-corrected chi connectivity index (χ1v) is 11.8. The lowest BCUT2D eigenvalue weighted by molar-refractivity contribution is 0.0730. The number of carbonyl (C=O) groups excluding carboxylic acids is 1. The minimum absolute atomic E-state index is 0.148. The van der Waals surface area contributed by atoms with Gasteiger partial charge in [0.2, 0.25) is 10.0 Å². The van der Waals surface area contributed by atoms with Crippen molar-refractivity contribution in [2.24, 2.45) is 0 Å². The Morgan fingerprint density at radius 1 is 1.00 bits per heavy atom. The van der Waals surface area contributed by atoms with E-state index in [2.05, 4.69) is 5.32 Å². The van der Waals surface area contributed by atoms with Crippen molar-refractivity contribution in [2.45, 2.75) is 11.3 Å². The van der Waals surface area contributed by atoms with Crippen molar-refractivity contribution in [1.29, 1.82) is 0 Å². The van der Waals surface area contributed by atoms with Crippen molar-refractivity contribution in [3.63, 3.8) is 0 Å². The predicted octanol–water partition coefficient (Wildman–Crippen LogP) is 1.11. The Hall–Kier alpha value is -2.40. The van der Waals surface area contributed by atoms with Crippen molar-refractivity contribution >= 4 is 21.6 Å². The molecule has 0 atom stereocenters. The molecule has 2 fully saturated rings. The maximum absolute atomic E-state index is 13.5. The molecule has 2 saturated heterocycles. The second-order valence-electron chi connectivity index (χ2n) is 7.38. The molecular weight excluding hydrogens is 422 g/mol. The van der Waals surface area contributed by atoms with Gasteiger partial charge in [0.05, 0.1) is 38.4 Å². The number of anilines is 1. The molecule has 3 heterocycles. The monoisotopic (exact) mass is 449 g/mol. The van der Waals surface area contributed by atoms with Crippen molar-refractivity contribution in [3.05, 3.63) is 47.9 Å². The largest absolute Gasteiger partial charge is 0.469 e. The molecule has 2 aromatic rings. The molecule has 0 unspecified atom stereocenters. The second-order valence-corrected chi connectivity index (χ2v) is 9.29. The molecule has 0 saturated carbocycles. The summed E-state index contributed by atoms with van der Waals surface area (Å²) in [6.07, 6.45) is 2.15. The van der Waals surface area contributed by atoms with Gasteiger partial charge >= 0.3 is 0 Å². The Morgan fingerprint density at radius 3 is 2.39 bits per heavy atom. The minimum atomic E-state index is -3.78. The van der Waals surface area contributed by atoms with Crippen LogP contribution in [0.4, 0.5) is 5.69 Å². The van der Waals surface area contributed by atoms with E-state index in [1.54, 1.807) is 24.5 Å². The van der Waals surface area contributed by atoms with Gasteiger partial charge in [0.15, 0.2) is 0 Å². The van der Waals surface area contributed by atoms with Gasteiger partial charge in [0.25, 0.3) is 5.91 Å². The maximum atomic E-state index is 13.5. The fraction of sp³-hybridized carbons (Fsp3) is 0.476. The van der Waals surface area contributed by atoms with Crippen molar-refractivity contribution in [2.75, 3.05) is 64.1 Å². The fourth-order valence-electron chi connectivity index (χ4n) is 3.71. The van der Waals surface area contributed by atoms with E-state index in [1.165, 1.54) is 10.4 Å². The first-order chi connectivity index (χ1) is 15.1. The molecular formula is C21H27N3O6S. The maximum Gasteiger partial charge on any atom is 0.251 e. The molecule has 168 valence electrons. The van der Waals surface area contributed by atoms with Crippen molar-refractivity contribution in [3.8, 4) is 0 Å². The van der Waals surface area contributed by atoms with Crippen LogP contribution in [0, 0.1) is 0 Å². The van der Waals surface area contributed by atoms with E-state index >= 15 is 0 Å². The van der Waals surface area contributed by atoms with E-state index in [0.29, 0.717) is 76.8 Å².